The molecule has 0 bridgehead atoms. The third-order valence-corrected chi connectivity index (χ3v) is 3.23. The molecule has 0 atom stereocenters. The second kappa shape index (κ2) is 6.30. The van der Waals surface area contributed by atoms with Crippen LogP contribution in [0.5, 0.6) is 11.5 Å². The van der Waals surface area contributed by atoms with Crippen LogP contribution in [-0.4, -0.2) is 37.3 Å². The number of methoxy groups -OCH3 is 2. The lowest BCUT2D eigenvalue weighted by Crippen LogP contribution is -2.27. The zero-order valence-electron chi connectivity index (χ0n) is 12.5. The minimum Gasteiger partial charge on any atom is -0.493 e. The number of hydrogen-bond acceptors (Lipinski definition) is 5. The Morgan fingerprint density at radius 2 is 2.00 bits per heavy atom. The van der Waals surface area contributed by atoms with E-state index in [9.17, 15) is 4.79 Å². The Morgan fingerprint density at radius 3 is 2.57 bits per heavy atom. The molecule has 0 radical (unpaired) electrons. The van der Waals surface area contributed by atoms with Gasteiger partial charge in [-0.3, -0.25) is 9.78 Å². The van der Waals surface area contributed by atoms with E-state index in [-0.39, 0.29) is 5.56 Å². The summed E-state index contributed by atoms with van der Waals surface area (Å²) in [4.78, 5) is 21.5. The van der Waals surface area contributed by atoms with Crippen LogP contribution in [0.1, 0.15) is 6.92 Å². The number of ether oxygens (including phenoxy) is 2. The summed E-state index contributed by atoms with van der Waals surface area (Å²) < 4.78 is 10.5. The highest BCUT2D eigenvalue weighted by molar-refractivity contribution is 5.82. The van der Waals surface area contributed by atoms with Gasteiger partial charge in [0.25, 0.3) is 5.56 Å². The molecule has 2 rings (SSSR count). The van der Waals surface area contributed by atoms with Crippen LogP contribution in [0.3, 0.4) is 0 Å². The Bertz CT molecular complexity index is 709. The number of fused-ring (bicyclic) bond motifs is 1. The molecule has 0 saturated heterocycles. The topological polar surface area (TPSA) is 67.5 Å². The molecule has 1 aromatic heterocycles. The van der Waals surface area contributed by atoms with E-state index in [2.05, 4.69) is 16.5 Å². The van der Waals surface area contributed by atoms with Crippen LogP contribution in [-0.2, 0) is 0 Å². The van der Waals surface area contributed by atoms with Crippen molar-refractivity contribution in [3.8, 4) is 11.5 Å². The van der Waals surface area contributed by atoms with E-state index in [4.69, 9.17) is 9.47 Å². The van der Waals surface area contributed by atoms with Crippen molar-refractivity contribution >= 4 is 16.9 Å². The fraction of sp³-hybridized carbons (Fsp3) is 0.333. The van der Waals surface area contributed by atoms with Gasteiger partial charge in [-0.2, -0.15) is 0 Å². The van der Waals surface area contributed by atoms with Gasteiger partial charge in [-0.05, 0) is 13.0 Å². The van der Waals surface area contributed by atoms with E-state index in [1.54, 1.807) is 25.3 Å². The molecule has 0 unspecified atom stereocenters. The fourth-order valence-corrected chi connectivity index (χ4v) is 2.12. The van der Waals surface area contributed by atoms with Crippen LogP contribution in [0, 0.1) is 0 Å². The van der Waals surface area contributed by atoms with Gasteiger partial charge >= 0.3 is 0 Å². The van der Waals surface area contributed by atoms with Gasteiger partial charge in [-0.1, -0.05) is 6.08 Å². The zero-order chi connectivity index (χ0) is 15.4. The summed E-state index contributed by atoms with van der Waals surface area (Å²) in [5, 5.41) is 0.464. The molecule has 0 aliphatic heterocycles. The summed E-state index contributed by atoms with van der Waals surface area (Å²) in [6, 6.07) is 3.34. The maximum Gasteiger partial charge on any atom is 0.260 e. The molecule has 0 aliphatic rings. The van der Waals surface area contributed by atoms with Crippen molar-refractivity contribution in [2.24, 2.45) is 0 Å². The van der Waals surface area contributed by atoms with Crippen LogP contribution in [0.25, 0.3) is 10.9 Å². The molecule has 0 fully saturated rings. The van der Waals surface area contributed by atoms with E-state index in [0.717, 1.165) is 0 Å². The predicted octanol–water partition coefficient (Wildman–Crippen LogP) is 1.95. The second-order valence-electron chi connectivity index (χ2n) is 4.44. The molecule has 2 aromatic rings. The van der Waals surface area contributed by atoms with Gasteiger partial charge in [-0.25, -0.2) is 4.98 Å². The lowest BCUT2D eigenvalue weighted by atomic mass is 10.2. The Labute approximate surface area is 123 Å². The molecule has 1 heterocycles. The summed E-state index contributed by atoms with van der Waals surface area (Å²) in [5.74, 6) is 1.56. The number of H-pyrrole nitrogens is 1. The minimum atomic E-state index is -0.210. The Balaban J connectivity index is 2.64. The van der Waals surface area contributed by atoms with Crippen LogP contribution in [0.4, 0.5) is 5.95 Å². The van der Waals surface area contributed by atoms with E-state index in [0.29, 0.717) is 41.4 Å². The highest BCUT2D eigenvalue weighted by Crippen LogP contribution is 2.30. The van der Waals surface area contributed by atoms with Gasteiger partial charge in [0.15, 0.2) is 11.5 Å². The Kier molecular flexibility index (Phi) is 4.47. The summed E-state index contributed by atoms with van der Waals surface area (Å²) >= 11 is 0. The molecular formula is C15H19N3O3. The average Bonchev–Trinajstić information content (AvgIpc) is 2.51. The molecular weight excluding hydrogens is 270 g/mol. The quantitative estimate of drug-likeness (QED) is 0.823. The molecule has 112 valence electrons. The van der Waals surface area contributed by atoms with Gasteiger partial charge in [-0.15, -0.1) is 6.58 Å². The number of benzene rings is 1. The van der Waals surface area contributed by atoms with Gasteiger partial charge in [0.2, 0.25) is 5.95 Å². The van der Waals surface area contributed by atoms with Gasteiger partial charge in [0.05, 0.1) is 25.1 Å². The molecule has 0 saturated carbocycles. The van der Waals surface area contributed by atoms with Crippen LogP contribution in [0.15, 0.2) is 29.6 Å². The number of hydrogen-bond donors (Lipinski definition) is 1. The lowest BCUT2D eigenvalue weighted by Gasteiger charge is -2.19. The fourth-order valence-electron chi connectivity index (χ4n) is 2.12. The first-order chi connectivity index (χ1) is 10.1. The van der Waals surface area contributed by atoms with E-state index >= 15 is 0 Å². The molecule has 0 spiro atoms. The molecule has 1 N–H and O–H groups in total. The lowest BCUT2D eigenvalue weighted by molar-refractivity contribution is 0.355. The van der Waals surface area contributed by atoms with Crippen LogP contribution in [0.2, 0.25) is 0 Å². The first-order valence-corrected chi connectivity index (χ1v) is 6.66. The highest BCUT2D eigenvalue weighted by atomic mass is 16.5. The molecule has 0 aliphatic carbocycles. The van der Waals surface area contributed by atoms with E-state index in [1.807, 2.05) is 11.8 Å². The van der Waals surface area contributed by atoms with Crippen LogP contribution < -0.4 is 19.9 Å². The Morgan fingerprint density at radius 1 is 1.33 bits per heavy atom. The second-order valence-corrected chi connectivity index (χ2v) is 4.44. The molecule has 0 amide bonds. The first kappa shape index (κ1) is 14.9. The highest BCUT2D eigenvalue weighted by Gasteiger charge is 2.13. The SMILES string of the molecule is C=CCN(CC)c1nc2cc(OC)c(OC)cc2c(=O)[nH]1. The largest absolute Gasteiger partial charge is 0.493 e. The Hall–Kier alpha value is -2.50. The normalized spacial score (nSPS) is 10.4. The zero-order valence-corrected chi connectivity index (χ0v) is 12.5. The van der Waals surface area contributed by atoms with Crippen molar-refractivity contribution in [2.75, 3.05) is 32.2 Å². The maximum atomic E-state index is 12.2. The smallest absolute Gasteiger partial charge is 0.260 e. The van der Waals surface area contributed by atoms with Gasteiger partial charge < -0.3 is 14.4 Å². The molecule has 21 heavy (non-hydrogen) atoms. The van der Waals surface area contributed by atoms with Crippen molar-refractivity contribution in [1.82, 2.24) is 9.97 Å². The molecule has 6 nitrogen and oxygen atoms in total. The summed E-state index contributed by atoms with van der Waals surface area (Å²) in [7, 11) is 3.08. The molecule has 1 aromatic carbocycles. The first-order valence-electron chi connectivity index (χ1n) is 6.66. The number of aromatic nitrogens is 2. The summed E-state index contributed by atoms with van der Waals surface area (Å²) in [6.45, 7) is 7.02. The van der Waals surface area contributed by atoms with Crippen molar-refractivity contribution in [2.45, 2.75) is 6.92 Å². The minimum absolute atomic E-state index is 0.210. The number of likely N-dealkylation sites (N-methyl/N-ethyl adjacent to an activating group) is 1. The summed E-state index contributed by atoms with van der Waals surface area (Å²) in [6.07, 6.45) is 1.77. The third kappa shape index (κ3) is 2.84. The van der Waals surface area contributed by atoms with E-state index in [1.165, 1.54) is 7.11 Å². The van der Waals surface area contributed by atoms with Gasteiger partial charge in [0, 0.05) is 19.2 Å². The van der Waals surface area contributed by atoms with Crippen molar-refractivity contribution in [1.29, 1.82) is 0 Å². The van der Waals surface area contributed by atoms with Crippen molar-refractivity contribution in [3.63, 3.8) is 0 Å². The standard InChI is InChI=1S/C15H19N3O3/c1-5-7-18(6-2)15-16-11-9-13(21-4)12(20-3)8-10(11)14(19)17-15/h5,8-9H,1,6-7H2,2-4H3,(H,16,17,19). The maximum absolute atomic E-state index is 12.2. The van der Waals surface area contributed by atoms with Crippen molar-refractivity contribution in [3.05, 3.63) is 35.1 Å². The van der Waals surface area contributed by atoms with E-state index < -0.39 is 0 Å². The number of anilines is 1. The third-order valence-electron chi connectivity index (χ3n) is 3.23. The molecule has 6 heteroatoms. The summed E-state index contributed by atoms with van der Waals surface area (Å²) in [5.41, 5.74) is 0.354. The number of aromatic amines is 1. The van der Waals surface area contributed by atoms with Crippen molar-refractivity contribution < 1.29 is 9.47 Å². The van der Waals surface area contributed by atoms with Crippen LogP contribution >= 0.6 is 0 Å². The predicted molar refractivity (Wildman–Crippen MR) is 83.6 cm³/mol. The number of rotatable bonds is 6. The number of nitrogens with zero attached hydrogens (tertiary/aromatic N) is 2. The average molecular weight is 289 g/mol. The van der Waals surface area contributed by atoms with Gasteiger partial charge in [0.1, 0.15) is 0 Å². The number of nitrogens with one attached hydrogen (secondary N) is 1. The monoisotopic (exact) mass is 289 g/mol.